The van der Waals surface area contributed by atoms with Crippen molar-refractivity contribution in [2.75, 3.05) is 42.2 Å². The zero-order valence-corrected chi connectivity index (χ0v) is 22.1. The number of aliphatic imine (C=N–C) groups is 1. The van der Waals surface area contributed by atoms with Gasteiger partial charge in [-0.1, -0.05) is 53.6 Å². The number of amides is 2. The molecule has 214 valence electrons. The highest BCUT2D eigenvalue weighted by Crippen LogP contribution is 2.36. The molecule has 4 aromatic rings. The zero-order chi connectivity index (χ0) is 29.4. The number of rotatable bonds is 5. The number of carbonyl (C=O) groups excluding carboxylic acids is 2. The highest BCUT2D eigenvalue weighted by Gasteiger charge is 2.35. The summed E-state index contributed by atoms with van der Waals surface area (Å²) in [5.41, 5.74) is 1.62. The Kier molecular flexibility index (Phi) is 6.80. The van der Waals surface area contributed by atoms with Gasteiger partial charge in [0.1, 0.15) is 0 Å². The lowest BCUT2D eigenvalue weighted by Gasteiger charge is -2.34. The van der Waals surface area contributed by atoms with Gasteiger partial charge in [0, 0.05) is 37.5 Å². The third-order valence-electron chi connectivity index (χ3n) is 6.87. The van der Waals surface area contributed by atoms with Gasteiger partial charge < -0.3 is 24.9 Å². The fourth-order valence-corrected chi connectivity index (χ4v) is 4.65. The molecule has 14 heteroatoms. The molecular formula is C28H23F3N8O3. The number of hydrogen-bond donors (Lipinski definition) is 2. The number of fused-ring (bicyclic) bond motifs is 1. The molecule has 2 aromatic heterocycles. The smallest absolute Gasteiger partial charge is 0.402 e. The van der Waals surface area contributed by atoms with Crippen molar-refractivity contribution in [2.24, 2.45) is 4.99 Å². The molecule has 42 heavy (non-hydrogen) atoms. The largest absolute Gasteiger partial charge is 0.417 e. The minimum atomic E-state index is -4.66. The van der Waals surface area contributed by atoms with Crippen LogP contribution in [0.4, 0.5) is 30.6 Å². The number of nitrogens with zero attached hydrogens (tertiary/aromatic N) is 6. The first kappa shape index (κ1) is 26.9. The molecule has 0 saturated carbocycles. The van der Waals surface area contributed by atoms with E-state index >= 15 is 0 Å². The summed E-state index contributed by atoms with van der Waals surface area (Å²) in [6.45, 7) is 0.439. The maximum atomic E-state index is 13.5. The SMILES string of the molecule is CN1CCN(c2cc(C(F)(F)F)cnc2-c2nnc(N[C@H]3N=C(c4ccccc4)c4ccccc4NC3=O)o2)CC1=O. The standard InChI is InChI=1S/C28H23F3N8O3/c1-38-11-12-39(15-21(38)40)20-13-17(28(29,30)31)14-32-23(20)26-36-37-27(42-26)35-24-25(41)33-19-10-6-5-9-18(19)22(34-24)16-7-3-2-4-8-16/h2-10,13-14,24H,11-12,15H2,1H3,(H,33,41)(H,35,37)/t24-/m1/s1. The van der Waals surface area contributed by atoms with E-state index in [-0.39, 0.29) is 42.3 Å². The number of para-hydroxylation sites is 1. The predicted molar refractivity (Wildman–Crippen MR) is 147 cm³/mol. The number of anilines is 3. The fraction of sp³-hybridized carbons (Fsp3) is 0.214. The van der Waals surface area contributed by atoms with Crippen molar-refractivity contribution >= 4 is 34.9 Å². The Morgan fingerprint density at radius 3 is 2.55 bits per heavy atom. The minimum Gasteiger partial charge on any atom is -0.402 e. The minimum absolute atomic E-state index is 0.0218. The molecular weight excluding hydrogens is 553 g/mol. The average molecular weight is 577 g/mol. The van der Waals surface area contributed by atoms with Crippen LogP contribution in [0.25, 0.3) is 11.6 Å². The van der Waals surface area contributed by atoms with E-state index in [2.05, 4.69) is 30.8 Å². The van der Waals surface area contributed by atoms with E-state index in [0.717, 1.165) is 11.6 Å². The number of halogens is 3. The number of benzene rings is 2. The van der Waals surface area contributed by atoms with Gasteiger partial charge in [-0.3, -0.25) is 9.59 Å². The van der Waals surface area contributed by atoms with Crippen LogP contribution >= 0.6 is 0 Å². The summed E-state index contributed by atoms with van der Waals surface area (Å²) in [7, 11) is 1.62. The molecule has 2 aliphatic heterocycles. The van der Waals surface area contributed by atoms with Crippen molar-refractivity contribution in [2.45, 2.75) is 12.3 Å². The Balaban J connectivity index is 1.34. The lowest BCUT2D eigenvalue weighted by atomic mass is 10.0. The van der Waals surface area contributed by atoms with E-state index in [4.69, 9.17) is 4.42 Å². The first-order valence-electron chi connectivity index (χ1n) is 12.9. The van der Waals surface area contributed by atoms with E-state index in [9.17, 15) is 22.8 Å². The van der Waals surface area contributed by atoms with Crippen LogP contribution in [0.3, 0.4) is 0 Å². The van der Waals surface area contributed by atoms with Gasteiger partial charge in [0.15, 0.2) is 5.69 Å². The highest BCUT2D eigenvalue weighted by atomic mass is 19.4. The number of alkyl halides is 3. The summed E-state index contributed by atoms with van der Waals surface area (Å²) in [6, 6.07) is 17.3. The number of piperazine rings is 1. The van der Waals surface area contributed by atoms with E-state index in [1.807, 2.05) is 42.5 Å². The molecule has 1 saturated heterocycles. The number of likely N-dealkylation sites (N-methyl/N-ethyl adjacent to an activating group) is 1. The highest BCUT2D eigenvalue weighted by molar-refractivity contribution is 6.19. The fourth-order valence-electron chi connectivity index (χ4n) is 4.65. The summed E-state index contributed by atoms with van der Waals surface area (Å²) in [5.74, 6) is -0.945. The molecule has 0 radical (unpaired) electrons. The molecule has 0 spiro atoms. The number of aromatic nitrogens is 3. The van der Waals surface area contributed by atoms with Gasteiger partial charge in [0.2, 0.25) is 12.1 Å². The van der Waals surface area contributed by atoms with E-state index in [0.29, 0.717) is 29.7 Å². The van der Waals surface area contributed by atoms with Crippen LogP contribution in [0.2, 0.25) is 0 Å². The maximum Gasteiger partial charge on any atom is 0.417 e. The lowest BCUT2D eigenvalue weighted by molar-refractivity contribution is -0.137. The zero-order valence-electron chi connectivity index (χ0n) is 22.1. The molecule has 2 aliphatic rings. The molecule has 2 N–H and O–H groups in total. The van der Waals surface area contributed by atoms with Gasteiger partial charge in [0.05, 0.1) is 29.2 Å². The van der Waals surface area contributed by atoms with Crippen LogP contribution in [0.15, 0.2) is 76.3 Å². The lowest BCUT2D eigenvalue weighted by Crippen LogP contribution is -2.48. The molecule has 0 aliphatic carbocycles. The third kappa shape index (κ3) is 5.25. The summed E-state index contributed by atoms with van der Waals surface area (Å²) >= 11 is 0. The summed E-state index contributed by atoms with van der Waals surface area (Å²) in [5, 5.41) is 13.6. The monoisotopic (exact) mass is 576 g/mol. The number of benzodiazepines with no additional fused rings is 1. The van der Waals surface area contributed by atoms with Crippen molar-refractivity contribution in [1.29, 1.82) is 0 Å². The average Bonchev–Trinajstić information content (AvgIpc) is 3.39. The molecule has 2 amide bonds. The quantitative estimate of drug-likeness (QED) is 0.369. The van der Waals surface area contributed by atoms with Gasteiger partial charge in [-0.05, 0) is 12.1 Å². The molecule has 2 aromatic carbocycles. The number of pyridine rings is 1. The van der Waals surface area contributed by atoms with Crippen LogP contribution in [0.1, 0.15) is 16.7 Å². The Hall–Kier alpha value is -5.27. The second kappa shape index (κ2) is 10.6. The van der Waals surface area contributed by atoms with Crippen LogP contribution in [0, 0.1) is 0 Å². The van der Waals surface area contributed by atoms with Crippen LogP contribution in [-0.2, 0) is 15.8 Å². The van der Waals surface area contributed by atoms with Gasteiger partial charge in [-0.15, -0.1) is 5.10 Å². The predicted octanol–water partition coefficient (Wildman–Crippen LogP) is 3.66. The number of nitrogens with one attached hydrogen (secondary N) is 2. The topological polar surface area (TPSA) is 129 Å². The molecule has 0 unspecified atom stereocenters. The van der Waals surface area contributed by atoms with Gasteiger partial charge in [0.25, 0.3) is 11.8 Å². The van der Waals surface area contributed by atoms with E-state index < -0.39 is 23.8 Å². The van der Waals surface area contributed by atoms with Crippen molar-refractivity contribution < 1.29 is 27.2 Å². The Morgan fingerprint density at radius 2 is 1.79 bits per heavy atom. The van der Waals surface area contributed by atoms with E-state index in [1.54, 1.807) is 19.2 Å². The second-order valence-electron chi connectivity index (χ2n) is 9.66. The van der Waals surface area contributed by atoms with Crippen molar-refractivity contribution in [1.82, 2.24) is 20.1 Å². The molecule has 4 heterocycles. The normalized spacial score (nSPS) is 17.3. The Morgan fingerprint density at radius 1 is 1.02 bits per heavy atom. The van der Waals surface area contributed by atoms with Crippen molar-refractivity contribution in [3.05, 3.63) is 83.6 Å². The number of carbonyl (C=O) groups is 2. The summed E-state index contributed by atoms with van der Waals surface area (Å²) in [4.78, 5) is 37.1. The van der Waals surface area contributed by atoms with Crippen LogP contribution < -0.4 is 15.5 Å². The molecule has 1 fully saturated rings. The van der Waals surface area contributed by atoms with Gasteiger partial charge in [-0.2, -0.15) is 13.2 Å². The van der Waals surface area contributed by atoms with Crippen LogP contribution in [0.5, 0.6) is 0 Å². The maximum absolute atomic E-state index is 13.5. The van der Waals surface area contributed by atoms with Crippen molar-refractivity contribution in [3.63, 3.8) is 0 Å². The number of hydrogen-bond acceptors (Lipinski definition) is 9. The van der Waals surface area contributed by atoms with Crippen molar-refractivity contribution in [3.8, 4) is 11.6 Å². The first-order chi connectivity index (χ1) is 20.2. The molecule has 0 bridgehead atoms. The molecule has 11 nitrogen and oxygen atoms in total. The van der Waals surface area contributed by atoms with Gasteiger partial charge in [-0.25, -0.2) is 9.98 Å². The first-order valence-corrected chi connectivity index (χ1v) is 12.9. The molecule has 6 rings (SSSR count). The third-order valence-corrected chi connectivity index (χ3v) is 6.87. The second-order valence-corrected chi connectivity index (χ2v) is 9.66. The summed E-state index contributed by atoms with van der Waals surface area (Å²) in [6.07, 6.45) is -5.17. The molecule has 1 atom stereocenters. The van der Waals surface area contributed by atoms with Crippen LogP contribution in [-0.4, -0.2) is 70.5 Å². The Bertz CT molecular complexity index is 1690. The Labute approximate surface area is 237 Å². The summed E-state index contributed by atoms with van der Waals surface area (Å²) < 4.78 is 46.4. The van der Waals surface area contributed by atoms with E-state index in [1.165, 1.54) is 9.80 Å². The van der Waals surface area contributed by atoms with Gasteiger partial charge >= 0.3 is 12.2 Å².